The Hall–Kier alpha value is -3.80. The molecule has 6 nitrogen and oxygen atoms in total. The number of rotatable bonds is 5. The van der Waals surface area contributed by atoms with Crippen molar-refractivity contribution in [2.24, 2.45) is 0 Å². The van der Waals surface area contributed by atoms with Crippen molar-refractivity contribution < 1.29 is 9.53 Å². The summed E-state index contributed by atoms with van der Waals surface area (Å²) in [5, 5.41) is 2.99. The number of carbonyl (C=O) groups is 1. The number of carbonyl (C=O) groups excluding carboxylic acids is 1. The fraction of sp³-hybridized carbons (Fsp3) is 0.200. The lowest BCUT2D eigenvalue weighted by Crippen LogP contribution is -2.33. The molecule has 4 aromatic rings. The van der Waals surface area contributed by atoms with E-state index in [9.17, 15) is 4.79 Å². The van der Waals surface area contributed by atoms with E-state index < -0.39 is 0 Å². The molecule has 1 aliphatic heterocycles. The number of para-hydroxylation sites is 3. The molecule has 0 unspecified atom stereocenters. The third-order valence-electron chi connectivity index (χ3n) is 5.63. The van der Waals surface area contributed by atoms with Gasteiger partial charge in [0, 0.05) is 24.5 Å². The van der Waals surface area contributed by atoms with Crippen LogP contribution in [0.2, 0.25) is 0 Å². The topological polar surface area (TPSA) is 59.4 Å². The molecule has 0 saturated heterocycles. The van der Waals surface area contributed by atoms with E-state index in [4.69, 9.17) is 9.72 Å². The van der Waals surface area contributed by atoms with Crippen LogP contribution in [0.25, 0.3) is 11.0 Å². The molecule has 1 N–H and O–H groups in total. The van der Waals surface area contributed by atoms with Crippen molar-refractivity contribution in [2.45, 2.75) is 20.0 Å². The zero-order valence-corrected chi connectivity index (χ0v) is 17.4. The molecule has 0 fully saturated rings. The number of nitrogens with one attached hydrogen (secondary N) is 1. The van der Waals surface area contributed by atoms with E-state index >= 15 is 0 Å². The van der Waals surface area contributed by atoms with Gasteiger partial charge in [0.05, 0.1) is 17.6 Å². The standard InChI is InChI=1S/C25H24N4O2/c1-18-11-12-19(15-22(18)27-25(30)17-31-20-7-3-2-4-8-20)28-13-14-29-23-10-6-5-9-21(23)26-24(29)16-28/h2-12,15H,13-14,16-17H2,1H3,(H,27,30). The molecule has 2 heterocycles. The van der Waals surface area contributed by atoms with Crippen LogP contribution < -0.4 is 15.0 Å². The number of nitrogens with zero attached hydrogens (tertiary/aromatic N) is 3. The monoisotopic (exact) mass is 412 g/mol. The molecule has 0 atom stereocenters. The maximum atomic E-state index is 12.4. The largest absolute Gasteiger partial charge is 0.484 e. The first-order chi connectivity index (χ1) is 15.2. The number of hydrogen-bond donors (Lipinski definition) is 1. The van der Waals surface area contributed by atoms with Crippen molar-refractivity contribution in [2.75, 3.05) is 23.4 Å². The van der Waals surface area contributed by atoms with E-state index in [1.165, 1.54) is 5.52 Å². The molecule has 3 aromatic carbocycles. The molecule has 0 radical (unpaired) electrons. The minimum atomic E-state index is -0.176. The molecular formula is C25H24N4O2. The Kier molecular flexibility index (Phi) is 5.04. The maximum absolute atomic E-state index is 12.4. The summed E-state index contributed by atoms with van der Waals surface area (Å²) in [6.45, 7) is 4.48. The van der Waals surface area contributed by atoms with Gasteiger partial charge in [-0.05, 0) is 48.9 Å². The van der Waals surface area contributed by atoms with Gasteiger partial charge in [-0.25, -0.2) is 4.98 Å². The van der Waals surface area contributed by atoms with E-state index in [1.54, 1.807) is 0 Å². The molecule has 156 valence electrons. The van der Waals surface area contributed by atoms with Gasteiger partial charge in [0.25, 0.3) is 5.91 Å². The van der Waals surface area contributed by atoms with Gasteiger partial charge in [0.15, 0.2) is 6.61 Å². The number of amides is 1. The van der Waals surface area contributed by atoms with Crippen LogP contribution in [0.3, 0.4) is 0 Å². The molecular weight excluding hydrogens is 388 g/mol. The quantitative estimate of drug-likeness (QED) is 0.528. The summed E-state index contributed by atoms with van der Waals surface area (Å²) in [7, 11) is 0. The molecule has 0 bridgehead atoms. The summed E-state index contributed by atoms with van der Waals surface area (Å²) >= 11 is 0. The number of benzene rings is 3. The second-order valence-corrected chi connectivity index (χ2v) is 7.74. The number of imidazole rings is 1. The van der Waals surface area contributed by atoms with Crippen LogP contribution in [0.1, 0.15) is 11.4 Å². The van der Waals surface area contributed by atoms with Crippen molar-refractivity contribution in [1.29, 1.82) is 0 Å². The van der Waals surface area contributed by atoms with E-state index in [0.717, 1.165) is 47.9 Å². The Balaban J connectivity index is 1.30. The SMILES string of the molecule is Cc1ccc(N2CCn3c(nc4ccccc43)C2)cc1NC(=O)COc1ccccc1. The summed E-state index contributed by atoms with van der Waals surface area (Å²) in [4.78, 5) is 19.5. The predicted octanol–water partition coefficient (Wildman–Crippen LogP) is 4.38. The third-order valence-corrected chi connectivity index (χ3v) is 5.63. The van der Waals surface area contributed by atoms with Crippen LogP contribution in [-0.4, -0.2) is 28.6 Å². The molecule has 1 aromatic heterocycles. The second-order valence-electron chi connectivity index (χ2n) is 7.74. The van der Waals surface area contributed by atoms with Gasteiger partial charge in [0.1, 0.15) is 11.6 Å². The van der Waals surface area contributed by atoms with Gasteiger partial charge in [-0.2, -0.15) is 0 Å². The number of hydrogen-bond acceptors (Lipinski definition) is 4. The third kappa shape index (κ3) is 3.97. The van der Waals surface area contributed by atoms with Crippen molar-refractivity contribution in [3.8, 4) is 5.75 Å². The molecule has 31 heavy (non-hydrogen) atoms. The molecule has 6 heteroatoms. The van der Waals surface area contributed by atoms with Gasteiger partial charge < -0.3 is 19.5 Å². The first kappa shape index (κ1) is 19.2. The minimum Gasteiger partial charge on any atom is -0.484 e. The zero-order chi connectivity index (χ0) is 21.2. The van der Waals surface area contributed by atoms with Crippen LogP contribution in [0.4, 0.5) is 11.4 Å². The van der Waals surface area contributed by atoms with Crippen molar-refractivity contribution in [1.82, 2.24) is 9.55 Å². The van der Waals surface area contributed by atoms with Crippen molar-refractivity contribution in [3.63, 3.8) is 0 Å². The van der Waals surface area contributed by atoms with Crippen molar-refractivity contribution >= 4 is 28.3 Å². The predicted molar refractivity (Wildman–Crippen MR) is 123 cm³/mol. The van der Waals surface area contributed by atoms with E-state index in [2.05, 4.69) is 39.0 Å². The highest BCUT2D eigenvalue weighted by molar-refractivity contribution is 5.93. The molecule has 5 rings (SSSR count). The normalized spacial score (nSPS) is 13.1. The van der Waals surface area contributed by atoms with Gasteiger partial charge in [-0.3, -0.25) is 4.79 Å². The lowest BCUT2D eigenvalue weighted by Gasteiger charge is -2.30. The second kappa shape index (κ2) is 8.14. The van der Waals surface area contributed by atoms with E-state index in [0.29, 0.717) is 5.75 Å². The Morgan fingerprint density at radius 3 is 2.71 bits per heavy atom. The Morgan fingerprint density at radius 1 is 1.03 bits per heavy atom. The molecule has 0 spiro atoms. The summed E-state index contributed by atoms with van der Waals surface area (Å²) in [6.07, 6.45) is 0. The first-order valence-electron chi connectivity index (χ1n) is 10.4. The molecule has 0 saturated carbocycles. The summed E-state index contributed by atoms with van der Waals surface area (Å²) in [5.41, 5.74) is 5.12. The Labute approximate surface area is 181 Å². The van der Waals surface area contributed by atoms with Gasteiger partial charge >= 0.3 is 0 Å². The van der Waals surface area contributed by atoms with E-state index in [1.807, 2.05) is 55.5 Å². The van der Waals surface area contributed by atoms with Crippen LogP contribution in [0.15, 0.2) is 72.8 Å². The van der Waals surface area contributed by atoms with E-state index in [-0.39, 0.29) is 12.5 Å². The summed E-state index contributed by atoms with van der Waals surface area (Å²) in [6, 6.07) is 23.8. The lowest BCUT2D eigenvalue weighted by molar-refractivity contribution is -0.118. The number of aryl methyl sites for hydroxylation is 1. The smallest absolute Gasteiger partial charge is 0.262 e. The highest BCUT2D eigenvalue weighted by Crippen LogP contribution is 2.28. The fourth-order valence-corrected chi connectivity index (χ4v) is 3.98. The van der Waals surface area contributed by atoms with Gasteiger partial charge in [0.2, 0.25) is 0 Å². The van der Waals surface area contributed by atoms with Crippen LogP contribution in [-0.2, 0) is 17.9 Å². The molecule has 0 aliphatic carbocycles. The number of aromatic nitrogens is 2. The highest BCUT2D eigenvalue weighted by Gasteiger charge is 2.21. The molecule has 1 amide bonds. The summed E-state index contributed by atoms with van der Waals surface area (Å²) < 4.78 is 7.86. The van der Waals surface area contributed by atoms with Gasteiger partial charge in [-0.1, -0.05) is 36.4 Å². The maximum Gasteiger partial charge on any atom is 0.262 e. The average Bonchev–Trinajstić information content (AvgIpc) is 3.18. The average molecular weight is 412 g/mol. The van der Waals surface area contributed by atoms with Gasteiger partial charge in [-0.15, -0.1) is 0 Å². The number of fused-ring (bicyclic) bond motifs is 3. The fourth-order valence-electron chi connectivity index (χ4n) is 3.98. The first-order valence-corrected chi connectivity index (χ1v) is 10.4. The highest BCUT2D eigenvalue weighted by atomic mass is 16.5. The molecule has 1 aliphatic rings. The zero-order valence-electron chi connectivity index (χ0n) is 17.4. The van der Waals surface area contributed by atoms with Crippen LogP contribution >= 0.6 is 0 Å². The number of anilines is 2. The van der Waals surface area contributed by atoms with Crippen LogP contribution in [0.5, 0.6) is 5.75 Å². The number of ether oxygens (including phenoxy) is 1. The van der Waals surface area contributed by atoms with Crippen molar-refractivity contribution in [3.05, 3.63) is 84.2 Å². The Morgan fingerprint density at radius 2 is 1.84 bits per heavy atom. The Bertz CT molecular complexity index is 1230. The lowest BCUT2D eigenvalue weighted by atomic mass is 10.1. The van der Waals surface area contributed by atoms with Crippen LogP contribution in [0, 0.1) is 6.92 Å². The summed E-state index contributed by atoms with van der Waals surface area (Å²) in [5.74, 6) is 1.57. The minimum absolute atomic E-state index is 0.0264.